The van der Waals surface area contributed by atoms with Crippen molar-refractivity contribution in [1.29, 1.82) is 0 Å². The van der Waals surface area contributed by atoms with Gasteiger partial charge in [0.1, 0.15) is 0 Å². The zero-order valence-corrected chi connectivity index (χ0v) is 17.2. The van der Waals surface area contributed by atoms with E-state index in [-0.39, 0.29) is 5.78 Å². The Morgan fingerprint density at radius 2 is 1.79 bits per heavy atom. The Hall–Kier alpha value is -1.84. The van der Waals surface area contributed by atoms with Crippen LogP contribution in [0.4, 0.5) is 5.69 Å². The van der Waals surface area contributed by atoms with Gasteiger partial charge in [-0.05, 0) is 54.6 Å². The summed E-state index contributed by atoms with van der Waals surface area (Å²) in [5.74, 6) is 0.883. The maximum Gasteiger partial charge on any atom is 0.163 e. The first kappa shape index (κ1) is 19.5. The van der Waals surface area contributed by atoms with Gasteiger partial charge < -0.3 is 10.6 Å². The van der Waals surface area contributed by atoms with E-state index in [1.165, 1.54) is 36.8 Å². The molecular formula is C24H29ClN2O. The van der Waals surface area contributed by atoms with Crippen LogP contribution in [0, 0.1) is 5.92 Å². The molecule has 2 aromatic rings. The smallest absolute Gasteiger partial charge is 0.163 e. The van der Waals surface area contributed by atoms with Crippen LogP contribution in [0.25, 0.3) is 0 Å². The van der Waals surface area contributed by atoms with Crippen molar-refractivity contribution >= 4 is 23.1 Å². The second-order valence-electron chi connectivity index (χ2n) is 8.14. The van der Waals surface area contributed by atoms with E-state index < -0.39 is 0 Å². The lowest BCUT2D eigenvalue weighted by atomic mass is 9.96. The van der Waals surface area contributed by atoms with Gasteiger partial charge in [0.15, 0.2) is 5.78 Å². The van der Waals surface area contributed by atoms with Gasteiger partial charge in [-0.15, -0.1) is 0 Å². The first-order chi connectivity index (χ1) is 13.7. The predicted molar refractivity (Wildman–Crippen MR) is 116 cm³/mol. The minimum absolute atomic E-state index is 0.287. The second kappa shape index (κ2) is 9.11. The molecular weight excluding hydrogens is 368 g/mol. The number of carbonyl (C=O) groups is 1. The van der Waals surface area contributed by atoms with Gasteiger partial charge in [0, 0.05) is 18.5 Å². The summed E-state index contributed by atoms with van der Waals surface area (Å²) in [6.45, 7) is 2.71. The van der Waals surface area contributed by atoms with Crippen LogP contribution in [0.3, 0.4) is 0 Å². The molecule has 2 aromatic carbocycles. The third-order valence-electron chi connectivity index (χ3n) is 6.18. The molecule has 0 saturated heterocycles. The van der Waals surface area contributed by atoms with Crippen molar-refractivity contribution in [2.75, 3.05) is 18.4 Å². The van der Waals surface area contributed by atoms with Crippen LogP contribution in [-0.4, -0.2) is 18.9 Å². The van der Waals surface area contributed by atoms with Crippen molar-refractivity contribution in [3.05, 3.63) is 63.7 Å². The van der Waals surface area contributed by atoms with Crippen LogP contribution in [0.2, 0.25) is 5.02 Å². The van der Waals surface area contributed by atoms with Gasteiger partial charge in [-0.25, -0.2) is 0 Å². The standard InChI is InChI=1S/C24H29ClN2O/c25-22-10-9-19-11-13-26-14-12-21(19)24(22)27-16-18-5-7-20(8-6-18)23(28)15-17-3-1-2-4-17/h5-10,17,26-27H,1-4,11-16H2. The Bertz CT molecular complexity index is 825. The number of halogens is 1. The van der Waals surface area contributed by atoms with Gasteiger partial charge in [-0.3, -0.25) is 4.79 Å². The summed E-state index contributed by atoms with van der Waals surface area (Å²) < 4.78 is 0. The molecule has 1 aliphatic carbocycles. The molecule has 1 saturated carbocycles. The lowest BCUT2D eigenvalue weighted by molar-refractivity contribution is 0.0962. The van der Waals surface area contributed by atoms with Crippen molar-refractivity contribution < 1.29 is 4.79 Å². The molecule has 28 heavy (non-hydrogen) atoms. The van der Waals surface area contributed by atoms with Gasteiger partial charge in [-0.2, -0.15) is 0 Å². The summed E-state index contributed by atoms with van der Waals surface area (Å²) in [4.78, 5) is 12.5. The Labute approximate surface area is 172 Å². The summed E-state index contributed by atoms with van der Waals surface area (Å²) >= 11 is 6.50. The molecule has 0 radical (unpaired) electrons. The fourth-order valence-corrected chi connectivity index (χ4v) is 4.77. The second-order valence-corrected chi connectivity index (χ2v) is 8.55. The Kier molecular flexibility index (Phi) is 6.33. The zero-order valence-electron chi connectivity index (χ0n) is 16.4. The summed E-state index contributed by atoms with van der Waals surface area (Å²) in [6.07, 6.45) is 7.73. The number of hydrogen-bond donors (Lipinski definition) is 2. The Balaban J connectivity index is 1.41. The average Bonchev–Trinajstić information content (AvgIpc) is 3.10. The molecule has 0 spiro atoms. The molecule has 0 amide bonds. The average molecular weight is 397 g/mol. The largest absolute Gasteiger partial charge is 0.380 e. The highest BCUT2D eigenvalue weighted by Crippen LogP contribution is 2.31. The molecule has 4 rings (SSSR count). The van der Waals surface area contributed by atoms with E-state index in [0.717, 1.165) is 47.8 Å². The summed E-state index contributed by atoms with van der Waals surface area (Å²) in [5.41, 5.74) is 5.78. The molecule has 1 aliphatic heterocycles. The summed E-state index contributed by atoms with van der Waals surface area (Å²) in [5, 5.41) is 7.78. The van der Waals surface area contributed by atoms with E-state index in [0.29, 0.717) is 18.9 Å². The number of benzene rings is 2. The van der Waals surface area contributed by atoms with E-state index in [1.807, 2.05) is 18.2 Å². The van der Waals surface area contributed by atoms with Crippen molar-refractivity contribution in [1.82, 2.24) is 5.32 Å². The van der Waals surface area contributed by atoms with Crippen LogP contribution >= 0.6 is 11.6 Å². The van der Waals surface area contributed by atoms with Gasteiger partial charge in [0.2, 0.25) is 0 Å². The lowest BCUT2D eigenvalue weighted by Gasteiger charge is -2.16. The molecule has 0 atom stereocenters. The SMILES string of the molecule is O=C(CC1CCCC1)c1ccc(CNc2c(Cl)ccc3c2CCNCC3)cc1. The number of rotatable bonds is 6. The van der Waals surface area contributed by atoms with E-state index in [1.54, 1.807) is 0 Å². The molecule has 0 aromatic heterocycles. The molecule has 2 N–H and O–H groups in total. The normalized spacial score (nSPS) is 17.2. The minimum atomic E-state index is 0.287. The third kappa shape index (κ3) is 4.59. The quantitative estimate of drug-likeness (QED) is 0.642. The molecule has 148 valence electrons. The number of Topliss-reactive ketones (excluding diaryl/α,β-unsaturated/α-hetero) is 1. The number of carbonyl (C=O) groups excluding carboxylic acids is 1. The van der Waals surface area contributed by atoms with Gasteiger partial charge >= 0.3 is 0 Å². The monoisotopic (exact) mass is 396 g/mol. The van der Waals surface area contributed by atoms with Gasteiger partial charge in [0.05, 0.1) is 10.7 Å². The number of hydrogen-bond acceptors (Lipinski definition) is 3. The highest BCUT2D eigenvalue weighted by Gasteiger charge is 2.19. The predicted octanol–water partition coefficient (Wildman–Crippen LogP) is 5.40. The van der Waals surface area contributed by atoms with Crippen LogP contribution in [0.15, 0.2) is 36.4 Å². The minimum Gasteiger partial charge on any atom is -0.380 e. The fourth-order valence-electron chi connectivity index (χ4n) is 4.53. The van der Waals surface area contributed by atoms with E-state index >= 15 is 0 Å². The molecule has 4 heteroatoms. The van der Waals surface area contributed by atoms with Crippen LogP contribution < -0.4 is 10.6 Å². The van der Waals surface area contributed by atoms with Gasteiger partial charge in [-0.1, -0.05) is 67.6 Å². The molecule has 3 nitrogen and oxygen atoms in total. The molecule has 1 heterocycles. The zero-order chi connectivity index (χ0) is 19.3. The molecule has 1 fully saturated rings. The van der Waals surface area contributed by atoms with Crippen molar-refractivity contribution in [3.8, 4) is 0 Å². The molecule has 0 bridgehead atoms. The van der Waals surface area contributed by atoms with Crippen molar-refractivity contribution in [3.63, 3.8) is 0 Å². The maximum absolute atomic E-state index is 12.5. The van der Waals surface area contributed by atoms with Gasteiger partial charge in [0.25, 0.3) is 0 Å². The van der Waals surface area contributed by atoms with E-state index in [4.69, 9.17) is 11.6 Å². The highest BCUT2D eigenvalue weighted by molar-refractivity contribution is 6.33. The Morgan fingerprint density at radius 3 is 2.57 bits per heavy atom. The highest BCUT2D eigenvalue weighted by atomic mass is 35.5. The third-order valence-corrected chi connectivity index (χ3v) is 6.49. The summed E-state index contributed by atoms with van der Waals surface area (Å²) in [6, 6.07) is 12.2. The lowest BCUT2D eigenvalue weighted by Crippen LogP contribution is -2.16. The number of nitrogens with one attached hydrogen (secondary N) is 2. The first-order valence-electron chi connectivity index (χ1n) is 10.6. The molecule has 2 aliphatic rings. The number of ketones is 1. The number of fused-ring (bicyclic) bond motifs is 1. The van der Waals surface area contributed by atoms with Crippen LogP contribution in [0.1, 0.15) is 59.2 Å². The molecule has 0 unspecified atom stereocenters. The topological polar surface area (TPSA) is 41.1 Å². The van der Waals surface area contributed by atoms with Crippen LogP contribution in [-0.2, 0) is 19.4 Å². The van der Waals surface area contributed by atoms with E-state index in [2.05, 4.69) is 28.8 Å². The Morgan fingerprint density at radius 1 is 1.04 bits per heavy atom. The van der Waals surface area contributed by atoms with E-state index in [9.17, 15) is 4.79 Å². The van der Waals surface area contributed by atoms with Crippen molar-refractivity contribution in [2.24, 2.45) is 5.92 Å². The fraction of sp³-hybridized carbons (Fsp3) is 0.458. The maximum atomic E-state index is 12.5. The number of anilines is 1. The first-order valence-corrected chi connectivity index (χ1v) is 11.0. The summed E-state index contributed by atoms with van der Waals surface area (Å²) in [7, 11) is 0. The van der Waals surface area contributed by atoms with Crippen molar-refractivity contribution in [2.45, 2.75) is 51.5 Å². The van der Waals surface area contributed by atoms with Crippen LogP contribution in [0.5, 0.6) is 0 Å².